The van der Waals surface area contributed by atoms with Crippen LogP contribution in [0, 0.1) is 0 Å². The number of carbonyl (C=O) groups is 1. The number of urea groups is 1. The third-order valence-corrected chi connectivity index (χ3v) is 2.84. The van der Waals surface area contributed by atoms with Crippen molar-refractivity contribution in [2.75, 3.05) is 26.3 Å². The first-order chi connectivity index (χ1) is 7.20. The molecule has 5 nitrogen and oxygen atoms in total. The van der Waals surface area contributed by atoms with Gasteiger partial charge in [-0.25, -0.2) is 10.6 Å². The summed E-state index contributed by atoms with van der Waals surface area (Å²) >= 11 is 0. The van der Waals surface area contributed by atoms with Crippen LogP contribution in [0.5, 0.6) is 0 Å². The predicted octanol–water partition coefficient (Wildman–Crippen LogP) is 0.803. The van der Waals surface area contributed by atoms with Gasteiger partial charge in [0.25, 0.3) is 0 Å². The van der Waals surface area contributed by atoms with Crippen molar-refractivity contribution < 1.29 is 9.53 Å². The van der Waals surface area contributed by atoms with E-state index in [2.05, 4.69) is 0 Å². The number of nitrogens with two attached hydrogens (primary N) is 1. The summed E-state index contributed by atoms with van der Waals surface area (Å²) < 4.78 is 5.24. The van der Waals surface area contributed by atoms with E-state index in [0.717, 1.165) is 12.8 Å². The van der Waals surface area contributed by atoms with Crippen LogP contribution < -0.4 is 5.84 Å². The highest BCUT2D eigenvalue weighted by molar-refractivity contribution is 5.74. The zero-order chi connectivity index (χ0) is 11.3. The molecular formula is C10H21N3O2. The van der Waals surface area contributed by atoms with Crippen molar-refractivity contribution in [3.05, 3.63) is 0 Å². The fourth-order valence-corrected chi connectivity index (χ4v) is 1.78. The number of rotatable bonds is 3. The SMILES string of the molecule is CCN(CC)C(=O)N(N)C1CCOCC1. The van der Waals surface area contributed by atoms with Crippen LogP contribution in [0.25, 0.3) is 0 Å². The first-order valence-electron chi connectivity index (χ1n) is 5.61. The standard InChI is InChI=1S/C10H21N3O2/c1-3-12(4-2)10(14)13(11)9-5-7-15-8-6-9/h9H,3-8,11H2,1-2H3. The van der Waals surface area contributed by atoms with Gasteiger partial charge in [0.15, 0.2) is 0 Å². The summed E-state index contributed by atoms with van der Waals surface area (Å²) in [6, 6.07) is 0.0544. The highest BCUT2D eigenvalue weighted by atomic mass is 16.5. The van der Waals surface area contributed by atoms with Gasteiger partial charge >= 0.3 is 6.03 Å². The van der Waals surface area contributed by atoms with Crippen molar-refractivity contribution in [2.45, 2.75) is 32.7 Å². The molecule has 0 bridgehead atoms. The van der Waals surface area contributed by atoms with Crippen molar-refractivity contribution in [2.24, 2.45) is 5.84 Å². The Morgan fingerprint density at radius 1 is 1.33 bits per heavy atom. The molecule has 0 saturated carbocycles. The molecule has 0 radical (unpaired) electrons. The van der Waals surface area contributed by atoms with Gasteiger partial charge in [-0.3, -0.25) is 5.01 Å². The molecule has 1 rings (SSSR count). The van der Waals surface area contributed by atoms with Crippen molar-refractivity contribution in [3.63, 3.8) is 0 Å². The molecule has 1 fully saturated rings. The quantitative estimate of drug-likeness (QED) is 0.430. The predicted molar refractivity (Wildman–Crippen MR) is 58.2 cm³/mol. The molecule has 1 aliphatic rings. The average Bonchev–Trinajstić information content (AvgIpc) is 2.30. The van der Waals surface area contributed by atoms with E-state index in [4.69, 9.17) is 10.6 Å². The largest absolute Gasteiger partial charge is 0.381 e. The Kier molecular flexibility index (Phi) is 4.84. The highest BCUT2D eigenvalue weighted by Crippen LogP contribution is 2.12. The second-order valence-electron chi connectivity index (χ2n) is 3.71. The molecule has 0 spiro atoms. The van der Waals surface area contributed by atoms with Crippen LogP contribution in [0.15, 0.2) is 0 Å². The summed E-state index contributed by atoms with van der Waals surface area (Å²) in [5, 5.41) is 1.37. The van der Waals surface area contributed by atoms with Crippen LogP contribution in [0.3, 0.4) is 0 Å². The Morgan fingerprint density at radius 2 is 1.87 bits per heavy atom. The monoisotopic (exact) mass is 215 g/mol. The first-order valence-corrected chi connectivity index (χ1v) is 5.61. The molecule has 0 aromatic rings. The number of hydrazine groups is 1. The van der Waals surface area contributed by atoms with Crippen LogP contribution in [0.2, 0.25) is 0 Å². The van der Waals surface area contributed by atoms with Crippen LogP contribution in [-0.4, -0.2) is 48.3 Å². The molecule has 15 heavy (non-hydrogen) atoms. The van der Waals surface area contributed by atoms with Gasteiger partial charge in [0.1, 0.15) is 0 Å². The van der Waals surface area contributed by atoms with E-state index in [-0.39, 0.29) is 12.1 Å². The zero-order valence-corrected chi connectivity index (χ0v) is 9.61. The molecule has 5 heteroatoms. The van der Waals surface area contributed by atoms with Crippen LogP contribution in [0.1, 0.15) is 26.7 Å². The second-order valence-corrected chi connectivity index (χ2v) is 3.71. The van der Waals surface area contributed by atoms with Crippen LogP contribution in [-0.2, 0) is 4.74 Å². The first kappa shape index (κ1) is 12.3. The molecule has 0 aromatic carbocycles. The van der Waals surface area contributed by atoms with Gasteiger partial charge in [0, 0.05) is 26.3 Å². The van der Waals surface area contributed by atoms with Crippen molar-refractivity contribution >= 4 is 6.03 Å². The van der Waals surface area contributed by atoms with E-state index in [0.29, 0.717) is 26.3 Å². The minimum absolute atomic E-state index is 0.0769. The van der Waals surface area contributed by atoms with E-state index < -0.39 is 0 Å². The molecule has 0 atom stereocenters. The summed E-state index contributed by atoms with van der Waals surface area (Å²) in [4.78, 5) is 13.6. The lowest BCUT2D eigenvalue weighted by Gasteiger charge is -2.33. The number of hydrogen-bond donors (Lipinski definition) is 1. The van der Waals surface area contributed by atoms with Gasteiger partial charge in [0.2, 0.25) is 0 Å². The van der Waals surface area contributed by atoms with Gasteiger partial charge < -0.3 is 9.64 Å². The minimum atomic E-state index is -0.0769. The van der Waals surface area contributed by atoms with Gasteiger partial charge in [-0.05, 0) is 26.7 Å². The fraction of sp³-hybridized carbons (Fsp3) is 0.900. The van der Waals surface area contributed by atoms with E-state index in [1.807, 2.05) is 13.8 Å². The number of amides is 2. The fourth-order valence-electron chi connectivity index (χ4n) is 1.78. The highest BCUT2D eigenvalue weighted by Gasteiger charge is 2.25. The summed E-state index contributed by atoms with van der Waals surface area (Å²) in [7, 11) is 0. The van der Waals surface area contributed by atoms with Crippen molar-refractivity contribution in [1.82, 2.24) is 9.91 Å². The van der Waals surface area contributed by atoms with Crippen molar-refractivity contribution in [1.29, 1.82) is 0 Å². The summed E-state index contributed by atoms with van der Waals surface area (Å²) in [5.41, 5.74) is 0. The Balaban J connectivity index is 2.49. The van der Waals surface area contributed by atoms with Gasteiger partial charge in [-0.1, -0.05) is 0 Å². The van der Waals surface area contributed by atoms with Gasteiger partial charge in [0.05, 0.1) is 6.04 Å². The lowest BCUT2D eigenvalue weighted by molar-refractivity contribution is 0.0393. The molecule has 2 N–H and O–H groups in total. The maximum Gasteiger partial charge on any atom is 0.334 e. The Labute approximate surface area is 91.1 Å². The summed E-state index contributed by atoms with van der Waals surface area (Å²) in [6.07, 6.45) is 1.67. The third-order valence-electron chi connectivity index (χ3n) is 2.84. The molecule has 1 saturated heterocycles. The van der Waals surface area contributed by atoms with E-state index in [1.54, 1.807) is 4.90 Å². The average molecular weight is 215 g/mol. The summed E-state index contributed by atoms with van der Waals surface area (Å²) in [6.45, 7) is 6.71. The van der Waals surface area contributed by atoms with Gasteiger partial charge in [-0.15, -0.1) is 0 Å². The molecule has 0 aromatic heterocycles. The number of nitrogens with zero attached hydrogens (tertiary/aromatic N) is 2. The topological polar surface area (TPSA) is 58.8 Å². The van der Waals surface area contributed by atoms with Crippen LogP contribution >= 0.6 is 0 Å². The molecule has 2 amide bonds. The zero-order valence-electron chi connectivity index (χ0n) is 9.61. The van der Waals surface area contributed by atoms with Crippen molar-refractivity contribution in [3.8, 4) is 0 Å². The molecule has 1 heterocycles. The van der Waals surface area contributed by atoms with E-state index in [9.17, 15) is 4.79 Å². The van der Waals surface area contributed by atoms with E-state index in [1.165, 1.54) is 5.01 Å². The molecule has 0 aliphatic carbocycles. The molecule has 1 aliphatic heterocycles. The normalized spacial score (nSPS) is 17.5. The Hall–Kier alpha value is -0.810. The number of hydrogen-bond acceptors (Lipinski definition) is 3. The Bertz CT molecular complexity index is 201. The lowest BCUT2D eigenvalue weighted by atomic mass is 10.1. The van der Waals surface area contributed by atoms with E-state index >= 15 is 0 Å². The Morgan fingerprint density at radius 3 is 2.33 bits per heavy atom. The van der Waals surface area contributed by atoms with Crippen LogP contribution in [0.4, 0.5) is 4.79 Å². The molecular weight excluding hydrogens is 194 g/mol. The minimum Gasteiger partial charge on any atom is -0.381 e. The molecule has 88 valence electrons. The maximum absolute atomic E-state index is 11.9. The van der Waals surface area contributed by atoms with Gasteiger partial charge in [-0.2, -0.15) is 0 Å². The second kappa shape index (κ2) is 5.92. The lowest BCUT2D eigenvalue weighted by Crippen LogP contribution is -2.53. The smallest absolute Gasteiger partial charge is 0.334 e. The third kappa shape index (κ3) is 3.07. The number of ether oxygens (including phenoxy) is 1. The number of carbonyl (C=O) groups excluding carboxylic acids is 1. The molecule has 0 unspecified atom stereocenters. The maximum atomic E-state index is 11.9. The summed E-state index contributed by atoms with van der Waals surface area (Å²) in [5.74, 6) is 5.83.